The van der Waals surface area contributed by atoms with E-state index in [2.05, 4.69) is 46.9 Å². The van der Waals surface area contributed by atoms with Crippen molar-refractivity contribution in [2.75, 3.05) is 25.1 Å². The Kier molecular flexibility index (Phi) is 20.5. The number of nitrogens with one attached hydrogen (secondary N) is 7. The van der Waals surface area contributed by atoms with E-state index < -0.39 is 78.1 Å². The average Bonchev–Trinajstić information content (AvgIpc) is 3.65. The number of aliphatic imine (C=N–C) groups is 1. The van der Waals surface area contributed by atoms with E-state index in [1.54, 1.807) is 30.3 Å². The minimum Gasteiger partial charge on any atom is -0.370 e. The number of aromatic nitrogens is 2. The van der Waals surface area contributed by atoms with Gasteiger partial charge in [0.25, 0.3) is 0 Å². The number of guanidine groups is 1. The monoisotopic (exact) mass is 800 g/mol. The summed E-state index contributed by atoms with van der Waals surface area (Å²) in [6.45, 7) is 4.67. The number of H-pyrrole nitrogens is 1. The fraction of sp³-hybridized carbons (Fsp3) is 0.528. The minimum absolute atomic E-state index is 0.0438. The lowest BCUT2D eigenvalue weighted by Gasteiger charge is -2.26. The zero-order chi connectivity index (χ0) is 41.6. The summed E-state index contributed by atoms with van der Waals surface area (Å²) >= 11 is 1.44. The second-order valence-electron chi connectivity index (χ2n) is 13.5. The maximum Gasteiger partial charge on any atom is 0.243 e. The molecule has 0 aliphatic rings. The second kappa shape index (κ2) is 24.7. The molecule has 56 heavy (non-hydrogen) atoms. The first-order chi connectivity index (χ1) is 26.6. The van der Waals surface area contributed by atoms with Crippen molar-refractivity contribution in [3.05, 3.63) is 54.1 Å². The molecule has 0 saturated heterocycles. The van der Waals surface area contributed by atoms with E-state index in [0.717, 1.165) is 5.56 Å². The number of hydrogen-bond acceptors (Lipinski definition) is 10. The molecule has 2 aromatic rings. The second-order valence-corrected chi connectivity index (χ2v) is 14.5. The maximum absolute atomic E-state index is 13.6. The van der Waals surface area contributed by atoms with Crippen LogP contribution in [-0.4, -0.2) is 113 Å². The van der Waals surface area contributed by atoms with Gasteiger partial charge in [-0.15, -0.1) is 0 Å². The third kappa shape index (κ3) is 18.1. The van der Waals surface area contributed by atoms with Crippen molar-refractivity contribution in [1.29, 1.82) is 0 Å². The number of nitrogens with zero attached hydrogens (tertiary/aromatic N) is 2. The molecule has 0 bridgehead atoms. The molecule has 1 aromatic heterocycles. The van der Waals surface area contributed by atoms with Gasteiger partial charge in [0, 0.05) is 38.2 Å². The minimum atomic E-state index is -1.14. The Morgan fingerprint density at radius 2 is 1.41 bits per heavy atom. The molecular formula is C36H56N12O7S. The lowest BCUT2D eigenvalue weighted by Crippen LogP contribution is -2.58. The number of hydrogen-bond donors (Lipinski definition) is 10. The first-order valence-corrected chi connectivity index (χ1v) is 19.6. The Labute approximate surface area is 330 Å². The van der Waals surface area contributed by atoms with Gasteiger partial charge in [0.05, 0.1) is 12.9 Å². The summed E-state index contributed by atoms with van der Waals surface area (Å²) in [6.07, 6.45) is 5.87. The SMILES string of the molecule is CSCC[C@H](NC(=O)CNC(=O)[C@H](Cc1ccccc1)NC(=O)[C@H](Cc1cnc[nH]1)NC(C)=O)C(=O)N[C@@H](CC(C)C)C(=O)N[C@@H](CCCN=C(N)N)C(N)=O. The number of amides is 7. The Morgan fingerprint density at radius 3 is 2.00 bits per heavy atom. The summed E-state index contributed by atoms with van der Waals surface area (Å²) in [6, 6.07) is 3.56. The van der Waals surface area contributed by atoms with Crippen LogP contribution in [0.3, 0.4) is 0 Å². The fourth-order valence-corrected chi connectivity index (χ4v) is 5.95. The van der Waals surface area contributed by atoms with Crippen molar-refractivity contribution in [2.24, 2.45) is 28.1 Å². The standard InChI is InChI=1S/C36H56N12O7S/c1-21(2)15-27(34(54)46-25(31(37)51)11-8-13-41-36(38)39)47-33(53)26(12-14-56-4)45-30(50)19-42-32(52)28(16-23-9-6-5-7-10-23)48-35(55)29(44-22(3)49)17-24-18-40-20-43-24/h5-7,9-10,18,20-21,25-29H,8,11-17,19H2,1-4H3,(H2,37,51)(H,40,43)(H,42,52)(H,44,49)(H,45,50)(H,46,54)(H,47,53)(H,48,55)(H4,38,39,41)/t25-,26-,27-,28-,29-/m0/s1. The summed E-state index contributed by atoms with van der Waals surface area (Å²) in [5.74, 6) is -4.17. The summed E-state index contributed by atoms with van der Waals surface area (Å²) in [4.78, 5) is 102. The van der Waals surface area contributed by atoms with Gasteiger partial charge in [0.15, 0.2) is 5.96 Å². The molecule has 308 valence electrons. The number of aromatic amines is 1. The van der Waals surface area contributed by atoms with Gasteiger partial charge in [0.1, 0.15) is 30.2 Å². The molecule has 0 radical (unpaired) electrons. The number of rotatable bonds is 25. The van der Waals surface area contributed by atoms with E-state index in [9.17, 15) is 33.6 Å². The quantitative estimate of drug-likeness (QED) is 0.0300. The summed E-state index contributed by atoms with van der Waals surface area (Å²) < 4.78 is 0. The number of benzene rings is 1. The average molecular weight is 801 g/mol. The molecule has 13 N–H and O–H groups in total. The predicted molar refractivity (Wildman–Crippen MR) is 212 cm³/mol. The van der Waals surface area contributed by atoms with Crippen molar-refractivity contribution < 1.29 is 33.6 Å². The molecule has 7 amide bonds. The van der Waals surface area contributed by atoms with E-state index in [4.69, 9.17) is 17.2 Å². The Balaban J connectivity index is 2.15. The topological polar surface area (TPSA) is 311 Å². The van der Waals surface area contributed by atoms with Gasteiger partial charge in [-0.25, -0.2) is 4.98 Å². The third-order valence-electron chi connectivity index (χ3n) is 8.22. The molecular weight excluding hydrogens is 745 g/mol. The van der Waals surface area contributed by atoms with E-state index in [1.807, 2.05) is 20.1 Å². The van der Waals surface area contributed by atoms with Gasteiger partial charge in [-0.1, -0.05) is 44.2 Å². The van der Waals surface area contributed by atoms with Crippen LogP contribution in [0.5, 0.6) is 0 Å². The Bertz CT molecular complexity index is 1620. The van der Waals surface area contributed by atoms with Crippen LogP contribution in [0.1, 0.15) is 57.7 Å². The number of carbonyl (C=O) groups is 7. The van der Waals surface area contributed by atoms with Crippen LogP contribution >= 0.6 is 11.8 Å². The van der Waals surface area contributed by atoms with Gasteiger partial charge in [-0.2, -0.15) is 11.8 Å². The van der Waals surface area contributed by atoms with E-state index in [-0.39, 0.29) is 50.5 Å². The maximum atomic E-state index is 13.6. The van der Waals surface area contributed by atoms with E-state index in [1.165, 1.54) is 31.2 Å². The highest BCUT2D eigenvalue weighted by Gasteiger charge is 2.31. The van der Waals surface area contributed by atoms with Gasteiger partial charge in [0.2, 0.25) is 41.4 Å². The first-order valence-electron chi connectivity index (χ1n) is 18.2. The molecule has 0 aliphatic heterocycles. The Morgan fingerprint density at radius 1 is 0.786 bits per heavy atom. The van der Waals surface area contributed by atoms with Gasteiger partial charge in [-0.3, -0.25) is 38.6 Å². The molecule has 0 fully saturated rings. The van der Waals surface area contributed by atoms with Crippen LogP contribution in [-0.2, 0) is 46.4 Å². The van der Waals surface area contributed by atoms with Crippen LogP contribution in [0.25, 0.3) is 0 Å². The zero-order valence-electron chi connectivity index (χ0n) is 32.3. The van der Waals surface area contributed by atoms with Crippen molar-refractivity contribution >= 4 is 59.1 Å². The van der Waals surface area contributed by atoms with Crippen molar-refractivity contribution in [2.45, 2.75) is 89.5 Å². The lowest BCUT2D eigenvalue weighted by molar-refractivity contribution is -0.134. The Hall–Kier alpha value is -5.66. The smallest absolute Gasteiger partial charge is 0.243 e. The van der Waals surface area contributed by atoms with Gasteiger partial charge in [-0.05, 0) is 49.2 Å². The molecule has 5 atom stereocenters. The number of imidazole rings is 1. The van der Waals surface area contributed by atoms with Crippen LogP contribution in [0.4, 0.5) is 0 Å². The van der Waals surface area contributed by atoms with Gasteiger partial charge < -0.3 is 54.1 Å². The number of thioether (sulfide) groups is 1. The number of primary amides is 1. The summed E-state index contributed by atoms with van der Waals surface area (Å²) in [7, 11) is 0. The molecule has 0 unspecified atom stereocenters. The van der Waals surface area contributed by atoms with E-state index in [0.29, 0.717) is 17.9 Å². The molecule has 0 spiro atoms. The molecule has 20 heteroatoms. The van der Waals surface area contributed by atoms with Crippen molar-refractivity contribution in [1.82, 2.24) is 41.9 Å². The van der Waals surface area contributed by atoms with Crippen LogP contribution < -0.4 is 49.1 Å². The third-order valence-corrected chi connectivity index (χ3v) is 8.86. The number of nitrogens with two attached hydrogens (primary N) is 3. The molecule has 2 rings (SSSR count). The van der Waals surface area contributed by atoms with Crippen LogP contribution in [0.15, 0.2) is 47.8 Å². The highest BCUT2D eigenvalue weighted by molar-refractivity contribution is 7.98. The van der Waals surface area contributed by atoms with Gasteiger partial charge >= 0.3 is 0 Å². The fourth-order valence-electron chi connectivity index (χ4n) is 5.48. The van der Waals surface area contributed by atoms with Crippen molar-refractivity contribution in [3.63, 3.8) is 0 Å². The molecule has 0 aliphatic carbocycles. The molecule has 1 aromatic carbocycles. The summed E-state index contributed by atoms with van der Waals surface area (Å²) in [5, 5.41) is 15.8. The first kappa shape index (κ1) is 46.5. The zero-order valence-corrected chi connectivity index (χ0v) is 33.1. The largest absolute Gasteiger partial charge is 0.370 e. The number of carbonyl (C=O) groups excluding carboxylic acids is 7. The van der Waals surface area contributed by atoms with Crippen LogP contribution in [0, 0.1) is 5.92 Å². The normalized spacial score (nSPS) is 13.5. The van der Waals surface area contributed by atoms with E-state index >= 15 is 0 Å². The predicted octanol–water partition coefficient (Wildman–Crippen LogP) is -1.91. The summed E-state index contributed by atoms with van der Waals surface area (Å²) in [5.41, 5.74) is 17.5. The molecule has 19 nitrogen and oxygen atoms in total. The molecule has 1 heterocycles. The lowest BCUT2D eigenvalue weighted by atomic mass is 10.0. The highest BCUT2D eigenvalue weighted by Crippen LogP contribution is 2.10. The molecule has 0 saturated carbocycles. The highest BCUT2D eigenvalue weighted by atomic mass is 32.2. The van der Waals surface area contributed by atoms with Crippen molar-refractivity contribution in [3.8, 4) is 0 Å². The van der Waals surface area contributed by atoms with Crippen LogP contribution in [0.2, 0.25) is 0 Å².